The normalized spacial score (nSPS) is 22.7. The number of hydrogen-bond donors (Lipinski definition) is 1. The molecule has 3 aliphatic rings. The lowest BCUT2D eigenvalue weighted by molar-refractivity contribution is -0.146. The van der Waals surface area contributed by atoms with Crippen molar-refractivity contribution in [2.24, 2.45) is 5.92 Å². The van der Waals surface area contributed by atoms with Gasteiger partial charge in [0.2, 0.25) is 5.91 Å². The topological polar surface area (TPSA) is 110 Å². The Morgan fingerprint density at radius 2 is 1.79 bits per heavy atom. The molecule has 1 N–H and O–H groups in total. The van der Waals surface area contributed by atoms with Crippen LogP contribution in [0.1, 0.15) is 60.9 Å². The second kappa shape index (κ2) is 16.0. The predicted octanol–water partition coefficient (Wildman–Crippen LogP) is 7.54. The summed E-state index contributed by atoms with van der Waals surface area (Å²) in [5.74, 6) is 0.437. The van der Waals surface area contributed by atoms with E-state index in [2.05, 4.69) is 70.5 Å². The third-order valence-electron chi connectivity index (χ3n) is 12.6. The number of methoxy groups -OCH3 is 1. The van der Waals surface area contributed by atoms with E-state index in [9.17, 15) is 9.90 Å². The molecule has 8 rings (SSSR count). The molecular formula is C45H50BrN5O5Si. The van der Waals surface area contributed by atoms with Crippen LogP contribution in [0.3, 0.4) is 0 Å². The van der Waals surface area contributed by atoms with Gasteiger partial charge in [0.1, 0.15) is 5.75 Å². The molecule has 1 spiro atoms. The smallest absolute Gasteiger partial charge is 0.264 e. The molecule has 296 valence electrons. The first-order valence-electron chi connectivity index (χ1n) is 19.9. The van der Waals surface area contributed by atoms with E-state index in [0.717, 1.165) is 51.1 Å². The van der Waals surface area contributed by atoms with Crippen molar-refractivity contribution in [2.75, 3.05) is 30.1 Å². The molecule has 5 atom stereocenters. The van der Waals surface area contributed by atoms with Gasteiger partial charge in [0.05, 0.1) is 51.7 Å². The first kappa shape index (κ1) is 39.2. The number of nitrogens with zero attached hydrogens (tertiary/aromatic N) is 5. The van der Waals surface area contributed by atoms with Gasteiger partial charge < -0.3 is 24.4 Å². The van der Waals surface area contributed by atoms with Crippen LogP contribution in [0, 0.1) is 5.92 Å². The number of piperidine rings is 1. The number of anilines is 2. The molecule has 57 heavy (non-hydrogen) atoms. The molecule has 1 unspecified atom stereocenters. The van der Waals surface area contributed by atoms with Crippen molar-refractivity contribution < 1.29 is 24.2 Å². The molecule has 4 aromatic carbocycles. The summed E-state index contributed by atoms with van der Waals surface area (Å²) >= 11 is 3.74. The maximum absolute atomic E-state index is 15.4. The maximum atomic E-state index is 15.4. The van der Waals surface area contributed by atoms with Crippen LogP contribution in [-0.2, 0) is 33.0 Å². The lowest BCUT2D eigenvalue weighted by atomic mass is 9.82. The van der Waals surface area contributed by atoms with Gasteiger partial charge in [0, 0.05) is 47.3 Å². The minimum Gasteiger partial charge on any atom is -0.497 e. The van der Waals surface area contributed by atoms with Gasteiger partial charge in [-0.05, 0) is 78.4 Å². The van der Waals surface area contributed by atoms with Crippen molar-refractivity contribution >= 4 is 52.4 Å². The zero-order valence-electron chi connectivity index (χ0n) is 33.0. The van der Waals surface area contributed by atoms with Crippen LogP contribution in [0.4, 0.5) is 11.4 Å². The van der Waals surface area contributed by atoms with Crippen molar-refractivity contribution in [1.82, 2.24) is 15.0 Å². The van der Waals surface area contributed by atoms with Crippen LogP contribution in [0.15, 0.2) is 108 Å². The van der Waals surface area contributed by atoms with Crippen LogP contribution in [0.25, 0.3) is 0 Å². The van der Waals surface area contributed by atoms with Gasteiger partial charge >= 0.3 is 0 Å². The lowest BCUT2D eigenvalue weighted by Gasteiger charge is -2.37. The highest BCUT2D eigenvalue weighted by Gasteiger charge is 2.66. The summed E-state index contributed by atoms with van der Waals surface area (Å²) in [5, 5.41) is 20.6. The zero-order valence-corrected chi connectivity index (χ0v) is 35.6. The Morgan fingerprint density at radius 3 is 2.53 bits per heavy atom. The predicted molar refractivity (Wildman–Crippen MR) is 228 cm³/mol. The monoisotopic (exact) mass is 847 g/mol. The largest absolute Gasteiger partial charge is 0.497 e. The van der Waals surface area contributed by atoms with Crippen molar-refractivity contribution in [3.8, 4) is 5.75 Å². The Hall–Kier alpha value is -4.62. The molecule has 2 saturated heterocycles. The highest BCUT2D eigenvalue weighted by molar-refractivity contribution is 9.10. The number of rotatable bonds is 12. The van der Waals surface area contributed by atoms with E-state index in [0.29, 0.717) is 38.2 Å². The van der Waals surface area contributed by atoms with Gasteiger partial charge in [0.15, 0.2) is 5.60 Å². The average Bonchev–Trinajstić information content (AvgIpc) is 3.88. The molecule has 3 aliphatic heterocycles. The van der Waals surface area contributed by atoms with Gasteiger partial charge in [-0.15, -0.1) is 5.10 Å². The fourth-order valence-electron chi connectivity index (χ4n) is 9.69. The summed E-state index contributed by atoms with van der Waals surface area (Å²) in [6.07, 6.45) is 4.72. The number of halogens is 1. The van der Waals surface area contributed by atoms with Crippen molar-refractivity contribution in [1.29, 1.82) is 0 Å². The van der Waals surface area contributed by atoms with E-state index >= 15 is 4.79 Å². The SMILES string of the molecule is COc1ccc([Si](C)(C)[C@@H]2[C@@H](CCn3cc(C(CO)c4ccccc4)nn3)O[C@]3(C(=O)N(Cc4cccc(N5CCCCC5=O)c4)c4ccc(Br)cc43)[C@H]2C)cc1. The molecule has 5 aromatic rings. The fourth-order valence-corrected chi connectivity index (χ4v) is 14.1. The molecule has 12 heteroatoms. The highest BCUT2D eigenvalue weighted by atomic mass is 79.9. The molecule has 2 amide bonds. The van der Waals surface area contributed by atoms with Gasteiger partial charge in [0.25, 0.3) is 5.91 Å². The van der Waals surface area contributed by atoms with Gasteiger partial charge in [-0.2, -0.15) is 0 Å². The third kappa shape index (κ3) is 7.15. The summed E-state index contributed by atoms with van der Waals surface area (Å²) < 4.78 is 15.6. The number of amides is 2. The molecule has 0 bridgehead atoms. The van der Waals surface area contributed by atoms with Crippen molar-refractivity contribution in [3.05, 3.63) is 130 Å². The summed E-state index contributed by atoms with van der Waals surface area (Å²) in [4.78, 5) is 32.0. The summed E-state index contributed by atoms with van der Waals surface area (Å²) in [6, 6.07) is 32.4. The summed E-state index contributed by atoms with van der Waals surface area (Å²) in [5.41, 5.74) is 4.07. The number of aromatic nitrogens is 3. The number of benzene rings is 4. The lowest BCUT2D eigenvalue weighted by Crippen LogP contribution is -2.51. The number of aliphatic hydroxyl groups excluding tert-OH is 1. The number of ether oxygens (including phenoxy) is 2. The van der Waals surface area contributed by atoms with E-state index in [1.165, 1.54) is 5.19 Å². The number of fused-ring (bicyclic) bond motifs is 2. The Labute approximate surface area is 343 Å². The molecule has 10 nitrogen and oxygen atoms in total. The van der Waals surface area contributed by atoms with Crippen LogP contribution in [-0.4, -0.2) is 66.4 Å². The molecule has 0 radical (unpaired) electrons. The Kier molecular flexibility index (Phi) is 11.0. The van der Waals surface area contributed by atoms with Crippen LogP contribution < -0.4 is 19.7 Å². The second-order valence-electron chi connectivity index (χ2n) is 16.2. The van der Waals surface area contributed by atoms with E-state index < -0.39 is 13.7 Å². The van der Waals surface area contributed by atoms with Crippen LogP contribution in [0.5, 0.6) is 5.75 Å². The summed E-state index contributed by atoms with van der Waals surface area (Å²) in [7, 11) is -0.696. The average molecular weight is 849 g/mol. The standard InChI is InChI=1S/C45H50BrN5O5Si/c1-30-43(57(3,4)36-19-17-35(55-2)18-20-36)41(22-24-49-28-39(47-48-49)37(29-52)32-12-6-5-7-13-32)56-45(30)38-26-33(46)16-21-40(38)51(44(45)54)27-31-11-10-14-34(25-31)50-23-9-8-15-42(50)53/h5-7,10-14,16-21,25-26,28,30,37,41,43,52H,8-9,15,22-24,27,29H2,1-4H3/t30-,37?,41+,43-,45+/m0/s1. The van der Waals surface area contributed by atoms with E-state index in [-0.39, 0.29) is 41.9 Å². The second-order valence-corrected chi connectivity index (χ2v) is 21.8. The van der Waals surface area contributed by atoms with Crippen LogP contribution >= 0.6 is 15.9 Å². The summed E-state index contributed by atoms with van der Waals surface area (Å²) in [6.45, 7) is 8.49. The first-order valence-corrected chi connectivity index (χ1v) is 23.8. The zero-order chi connectivity index (χ0) is 39.9. The minimum atomic E-state index is -2.38. The molecule has 2 fully saturated rings. The minimum absolute atomic E-state index is 0.0487. The van der Waals surface area contributed by atoms with Crippen molar-refractivity contribution in [3.63, 3.8) is 0 Å². The first-order chi connectivity index (χ1) is 27.5. The van der Waals surface area contributed by atoms with E-state index in [4.69, 9.17) is 9.47 Å². The quantitative estimate of drug-likeness (QED) is 0.129. The van der Waals surface area contributed by atoms with Crippen LogP contribution in [0.2, 0.25) is 18.6 Å². The van der Waals surface area contributed by atoms with Gasteiger partial charge in [-0.3, -0.25) is 14.3 Å². The Bertz CT molecular complexity index is 2250. The van der Waals surface area contributed by atoms with E-state index in [1.807, 2.05) is 93.5 Å². The third-order valence-corrected chi connectivity index (χ3v) is 17.5. The maximum Gasteiger partial charge on any atom is 0.264 e. The number of aliphatic hydroxyl groups is 1. The number of carbonyl (C=O) groups is 2. The Balaban J connectivity index is 1.14. The molecule has 0 saturated carbocycles. The number of aryl methyl sites for hydroxylation is 1. The fraction of sp³-hybridized carbons (Fsp3) is 0.378. The van der Waals surface area contributed by atoms with Crippen molar-refractivity contribution in [2.45, 2.75) is 82.0 Å². The molecule has 4 heterocycles. The highest BCUT2D eigenvalue weighted by Crippen LogP contribution is 2.60. The number of hydrogen-bond acceptors (Lipinski definition) is 7. The Morgan fingerprint density at radius 1 is 1.00 bits per heavy atom. The molecule has 0 aliphatic carbocycles. The van der Waals surface area contributed by atoms with E-state index in [1.54, 1.807) is 7.11 Å². The number of carbonyl (C=O) groups excluding carboxylic acids is 2. The molecule has 1 aromatic heterocycles. The van der Waals surface area contributed by atoms with Gasteiger partial charge in [-0.25, -0.2) is 0 Å². The molecular weight excluding hydrogens is 799 g/mol. The van der Waals surface area contributed by atoms with Gasteiger partial charge in [-0.1, -0.05) is 101 Å².